The van der Waals surface area contributed by atoms with Gasteiger partial charge in [0.25, 0.3) is 0 Å². The van der Waals surface area contributed by atoms with Gasteiger partial charge in [0.05, 0.1) is 18.0 Å². The highest BCUT2D eigenvalue weighted by Gasteiger charge is 2.17. The number of benzene rings is 1. The van der Waals surface area contributed by atoms with Gasteiger partial charge in [0.2, 0.25) is 5.91 Å². The minimum Gasteiger partial charge on any atom is -0.497 e. The highest BCUT2D eigenvalue weighted by atomic mass is 35.5. The van der Waals surface area contributed by atoms with E-state index in [-0.39, 0.29) is 5.91 Å². The maximum atomic E-state index is 12.9. The van der Waals surface area contributed by atoms with Gasteiger partial charge in [-0.2, -0.15) is 0 Å². The molecule has 3 aromatic rings. The number of hydrogen-bond donors (Lipinski definition) is 0. The molecule has 0 atom stereocenters. The van der Waals surface area contributed by atoms with Gasteiger partial charge in [0, 0.05) is 21.9 Å². The minimum absolute atomic E-state index is 0.100. The average molecular weight is 392 g/mol. The van der Waals surface area contributed by atoms with E-state index in [9.17, 15) is 4.79 Å². The molecule has 0 aliphatic carbocycles. The summed E-state index contributed by atoms with van der Waals surface area (Å²) in [6.45, 7) is 0.577. The van der Waals surface area contributed by atoms with Crippen LogP contribution in [0.5, 0.6) is 5.75 Å². The number of carbonyl (C=O) groups is 1. The number of methoxy groups -OCH3 is 1. The van der Waals surface area contributed by atoms with Crippen molar-refractivity contribution in [3.8, 4) is 5.75 Å². The monoisotopic (exact) mass is 391 g/mol. The second kappa shape index (κ2) is 8.52. The molecule has 3 nitrogen and oxygen atoms in total. The van der Waals surface area contributed by atoms with E-state index in [2.05, 4.69) is 0 Å². The molecule has 3 rings (SSSR count). The summed E-state index contributed by atoms with van der Waals surface area (Å²) < 4.78 is 5.97. The van der Waals surface area contributed by atoms with Crippen LogP contribution in [0.2, 0.25) is 4.34 Å². The van der Waals surface area contributed by atoms with E-state index in [4.69, 9.17) is 16.3 Å². The Morgan fingerprint density at radius 3 is 2.52 bits per heavy atom. The summed E-state index contributed by atoms with van der Waals surface area (Å²) in [6.07, 6.45) is 1.15. The number of hydrogen-bond acceptors (Lipinski definition) is 4. The zero-order chi connectivity index (χ0) is 17.6. The van der Waals surface area contributed by atoms with Crippen molar-refractivity contribution in [1.29, 1.82) is 0 Å². The summed E-state index contributed by atoms with van der Waals surface area (Å²) in [5.41, 5.74) is 0.878. The zero-order valence-electron chi connectivity index (χ0n) is 13.8. The third-order valence-corrected chi connectivity index (χ3v) is 5.95. The Kier molecular flexibility index (Phi) is 6.13. The van der Waals surface area contributed by atoms with E-state index in [1.54, 1.807) is 18.4 Å². The van der Waals surface area contributed by atoms with Gasteiger partial charge in [0.15, 0.2) is 0 Å². The predicted molar refractivity (Wildman–Crippen MR) is 106 cm³/mol. The van der Waals surface area contributed by atoms with Crippen LogP contribution in [0.25, 0.3) is 0 Å². The molecule has 0 saturated carbocycles. The van der Waals surface area contributed by atoms with Gasteiger partial charge in [-0.25, -0.2) is 0 Å². The fraction of sp³-hybridized carbons (Fsp3) is 0.211. The molecule has 0 N–H and O–H groups in total. The van der Waals surface area contributed by atoms with Gasteiger partial charge in [-0.15, -0.1) is 22.7 Å². The topological polar surface area (TPSA) is 29.5 Å². The molecule has 1 aromatic carbocycles. The number of thiophene rings is 2. The maximum absolute atomic E-state index is 12.9. The summed E-state index contributed by atoms with van der Waals surface area (Å²) in [5, 5.41) is 2.03. The lowest BCUT2D eigenvalue weighted by molar-refractivity contribution is -0.118. The molecule has 25 heavy (non-hydrogen) atoms. The Hall–Kier alpha value is -1.82. The van der Waals surface area contributed by atoms with Crippen molar-refractivity contribution in [2.24, 2.45) is 0 Å². The molecule has 0 saturated heterocycles. The van der Waals surface area contributed by atoms with Crippen molar-refractivity contribution in [2.75, 3.05) is 12.0 Å². The summed E-state index contributed by atoms with van der Waals surface area (Å²) >= 11 is 9.15. The SMILES string of the molecule is COc1ccc(N(Cc2cccs2)C(=O)CCc2ccc(Cl)s2)cc1. The molecule has 0 aliphatic rings. The minimum atomic E-state index is 0.100. The molecule has 2 aromatic heterocycles. The van der Waals surface area contributed by atoms with Crippen molar-refractivity contribution in [3.63, 3.8) is 0 Å². The van der Waals surface area contributed by atoms with Crippen LogP contribution in [0, 0.1) is 0 Å². The second-order valence-electron chi connectivity index (χ2n) is 5.46. The van der Waals surface area contributed by atoms with E-state index in [1.807, 2.05) is 58.8 Å². The molecule has 1 amide bonds. The first-order valence-electron chi connectivity index (χ1n) is 7.87. The lowest BCUT2D eigenvalue weighted by Gasteiger charge is -2.22. The number of anilines is 1. The number of halogens is 1. The van der Waals surface area contributed by atoms with Crippen molar-refractivity contribution >= 4 is 45.9 Å². The lowest BCUT2D eigenvalue weighted by atomic mass is 10.2. The average Bonchev–Trinajstić information content (AvgIpc) is 3.29. The van der Waals surface area contributed by atoms with Crippen LogP contribution in [0.1, 0.15) is 16.2 Å². The Labute approximate surface area is 160 Å². The Morgan fingerprint density at radius 2 is 1.92 bits per heavy atom. The Morgan fingerprint density at radius 1 is 1.12 bits per heavy atom. The van der Waals surface area contributed by atoms with Gasteiger partial charge >= 0.3 is 0 Å². The third kappa shape index (κ3) is 4.84. The van der Waals surface area contributed by atoms with Crippen LogP contribution in [-0.4, -0.2) is 13.0 Å². The number of aryl methyl sites for hydroxylation is 1. The van der Waals surface area contributed by atoms with Crippen LogP contribution < -0.4 is 9.64 Å². The smallest absolute Gasteiger partial charge is 0.227 e. The van der Waals surface area contributed by atoms with Gasteiger partial charge < -0.3 is 9.64 Å². The van der Waals surface area contributed by atoms with Crippen LogP contribution in [-0.2, 0) is 17.8 Å². The van der Waals surface area contributed by atoms with Crippen molar-refractivity contribution in [2.45, 2.75) is 19.4 Å². The quantitative estimate of drug-likeness (QED) is 0.521. The second-order valence-corrected chi connectivity index (χ2v) is 8.29. The fourth-order valence-corrected chi connectivity index (χ4v) is 4.27. The molecule has 0 aliphatic heterocycles. The number of rotatable bonds is 7. The molecule has 0 radical (unpaired) electrons. The highest BCUT2D eigenvalue weighted by Crippen LogP contribution is 2.26. The number of amides is 1. The zero-order valence-corrected chi connectivity index (χ0v) is 16.2. The molecule has 0 unspecified atom stereocenters. The van der Waals surface area contributed by atoms with E-state index in [0.29, 0.717) is 19.4 Å². The third-order valence-electron chi connectivity index (χ3n) is 3.79. The van der Waals surface area contributed by atoms with Gasteiger partial charge in [-0.05, 0) is 54.3 Å². The molecule has 0 fully saturated rings. The fourth-order valence-electron chi connectivity index (χ4n) is 2.50. The Bertz CT molecular complexity index is 812. The molecular formula is C19H18ClNO2S2. The van der Waals surface area contributed by atoms with Gasteiger partial charge in [-0.1, -0.05) is 17.7 Å². The van der Waals surface area contributed by atoms with E-state index >= 15 is 0 Å². The van der Waals surface area contributed by atoms with Crippen molar-refractivity contribution < 1.29 is 9.53 Å². The Balaban J connectivity index is 1.75. The molecule has 0 spiro atoms. The first-order chi connectivity index (χ1) is 12.2. The summed E-state index contributed by atoms with van der Waals surface area (Å²) in [5.74, 6) is 0.878. The standard InChI is InChI=1S/C19H18ClNO2S2/c1-23-15-6-4-14(5-7-15)21(13-17-3-2-12-24-17)19(22)11-9-16-8-10-18(20)25-16/h2-8,10,12H,9,11,13H2,1H3. The van der Waals surface area contributed by atoms with E-state index in [1.165, 1.54) is 11.3 Å². The van der Waals surface area contributed by atoms with Crippen LogP contribution in [0.15, 0.2) is 53.9 Å². The van der Waals surface area contributed by atoms with Crippen LogP contribution in [0.4, 0.5) is 5.69 Å². The van der Waals surface area contributed by atoms with E-state index in [0.717, 1.165) is 25.5 Å². The number of nitrogens with zero attached hydrogens (tertiary/aromatic N) is 1. The van der Waals surface area contributed by atoms with Gasteiger partial charge in [0.1, 0.15) is 5.75 Å². The van der Waals surface area contributed by atoms with Crippen LogP contribution in [0.3, 0.4) is 0 Å². The van der Waals surface area contributed by atoms with Crippen molar-refractivity contribution in [1.82, 2.24) is 0 Å². The summed E-state index contributed by atoms with van der Waals surface area (Å²) in [6, 6.07) is 15.5. The first kappa shape index (κ1) is 18.0. The number of ether oxygens (including phenoxy) is 1. The van der Waals surface area contributed by atoms with Crippen molar-refractivity contribution in [3.05, 3.63) is 68.0 Å². The highest BCUT2D eigenvalue weighted by molar-refractivity contribution is 7.16. The molecule has 130 valence electrons. The maximum Gasteiger partial charge on any atom is 0.227 e. The predicted octanol–water partition coefficient (Wildman–Crippen LogP) is 5.64. The normalized spacial score (nSPS) is 10.6. The largest absolute Gasteiger partial charge is 0.497 e. The molecule has 0 bridgehead atoms. The molecule has 6 heteroatoms. The van der Waals surface area contributed by atoms with Gasteiger partial charge in [-0.3, -0.25) is 4.79 Å². The lowest BCUT2D eigenvalue weighted by Crippen LogP contribution is -2.30. The summed E-state index contributed by atoms with van der Waals surface area (Å²) in [4.78, 5) is 17.0. The first-order valence-corrected chi connectivity index (χ1v) is 9.94. The molecular weight excluding hydrogens is 374 g/mol. The number of carbonyl (C=O) groups excluding carboxylic acids is 1. The van der Waals surface area contributed by atoms with Crippen LogP contribution >= 0.6 is 34.3 Å². The van der Waals surface area contributed by atoms with E-state index < -0.39 is 0 Å². The molecule has 2 heterocycles. The summed E-state index contributed by atoms with van der Waals surface area (Å²) in [7, 11) is 1.63.